The fraction of sp³-hybridized carbons (Fsp3) is 0.235. The van der Waals surface area contributed by atoms with Gasteiger partial charge in [-0.25, -0.2) is 0 Å². The van der Waals surface area contributed by atoms with Crippen molar-refractivity contribution in [3.63, 3.8) is 0 Å². The van der Waals surface area contributed by atoms with Gasteiger partial charge in [-0.1, -0.05) is 48.0 Å². The second-order valence-electron chi connectivity index (χ2n) is 4.77. The van der Waals surface area contributed by atoms with Gasteiger partial charge in [-0.2, -0.15) is 0 Å². The Bertz CT molecular complexity index is 628. The quantitative estimate of drug-likeness (QED) is 0.913. The van der Waals surface area contributed by atoms with Gasteiger partial charge in [0.05, 0.1) is 0 Å². The molecule has 0 heterocycles. The molecule has 2 aromatic rings. The Morgan fingerprint density at radius 1 is 1.19 bits per heavy atom. The maximum atomic E-state index is 12.2. The molecule has 110 valence electrons. The minimum Gasteiger partial charge on any atom is -0.375 e. The fourth-order valence-electron chi connectivity index (χ4n) is 2.16. The van der Waals surface area contributed by atoms with Crippen molar-refractivity contribution in [1.82, 2.24) is 5.32 Å². The normalized spacial score (nSPS) is 12.0. The zero-order valence-corrected chi connectivity index (χ0v) is 12.9. The van der Waals surface area contributed by atoms with Gasteiger partial charge in [0, 0.05) is 29.8 Å². The van der Waals surface area contributed by atoms with Crippen LogP contribution in [0.25, 0.3) is 0 Å². The summed E-state index contributed by atoms with van der Waals surface area (Å²) >= 11 is 6.16. The van der Waals surface area contributed by atoms with Gasteiger partial charge < -0.3 is 10.1 Å². The molecule has 0 aliphatic heterocycles. The van der Waals surface area contributed by atoms with E-state index < -0.39 is 0 Å². The summed E-state index contributed by atoms with van der Waals surface area (Å²) in [4.78, 5) is 12.2. The monoisotopic (exact) mass is 303 g/mol. The molecule has 0 saturated carbocycles. The van der Waals surface area contributed by atoms with Crippen LogP contribution in [-0.4, -0.2) is 19.6 Å². The SMILES string of the molecule is CO[C@@H](CNC(=O)c1ccccc1C)c1ccccc1Cl. The van der Waals surface area contributed by atoms with Gasteiger partial charge in [-0.05, 0) is 24.6 Å². The highest BCUT2D eigenvalue weighted by molar-refractivity contribution is 6.31. The molecular formula is C17H18ClNO2. The number of carbonyl (C=O) groups is 1. The Kier molecular flexibility index (Phi) is 5.37. The van der Waals surface area contributed by atoms with Gasteiger partial charge in [-0.3, -0.25) is 4.79 Å². The Hall–Kier alpha value is -1.84. The highest BCUT2D eigenvalue weighted by atomic mass is 35.5. The summed E-state index contributed by atoms with van der Waals surface area (Å²) in [6, 6.07) is 15.0. The van der Waals surface area contributed by atoms with Crippen LogP contribution in [0.2, 0.25) is 5.02 Å². The number of amides is 1. The van der Waals surface area contributed by atoms with Crippen molar-refractivity contribution in [3.8, 4) is 0 Å². The van der Waals surface area contributed by atoms with Gasteiger partial charge in [-0.15, -0.1) is 0 Å². The van der Waals surface area contributed by atoms with Crippen molar-refractivity contribution in [3.05, 3.63) is 70.2 Å². The molecule has 0 fully saturated rings. The van der Waals surface area contributed by atoms with Gasteiger partial charge >= 0.3 is 0 Å². The number of hydrogen-bond donors (Lipinski definition) is 1. The number of benzene rings is 2. The predicted octanol–water partition coefficient (Wildman–Crippen LogP) is 3.77. The Balaban J connectivity index is 2.06. The first kappa shape index (κ1) is 15.5. The van der Waals surface area contributed by atoms with Crippen LogP contribution in [0.15, 0.2) is 48.5 Å². The molecule has 2 aromatic carbocycles. The number of halogens is 1. The van der Waals surface area contributed by atoms with E-state index in [9.17, 15) is 4.79 Å². The molecule has 0 aliphatic carbocycles. The molecular weight excluding hydrogens is 286 g/mol. The first-order valence-corrected chi connectivity index (χ1v) is 7.12. The van der Waals surface area contributed by atoms with Crippen LogP contribution in [0.4, 0.5) is 0 Å². The molecule has 0 unspecified atom stereocenters. The van der Waals surface area contributed by atoms with E-state index in [1.807, 2.05) is 55.5 Å². The number of carbonyl (C=O) groups excluding carboxylic acids is 1. The molecule has 0 bridgehead atoms. The van der Waals surface area contributed by atoms with Crippen LogP contribution >= 0.6 is 11.6 Å². The van der Waals surface area contributed by atoms with Crippen molar-refractivity contribution in [2.75, 3.05) is 13.7 Å². The minimum absolute atomic E-state index is 0.109. The summed E-state index contributed by atoms with van der Waals surface area (Å²) in [5, 5.41) is 3.53. The summed E-state index contributed by atoms with van der Waals surface area (Å²) < 4.78 is 5.43. The lowest BCUT2D eigenvalue weighted by molar-refractivity contribution is 0.0827. The first-order chi connectivity index (χ1) is 10.1. The first-order valence-electron chi connectivity index (χ1n) is 6.74. The second kappa shape index (κ2) is 7.25. The lowest BCUT2D eigenvalue weighted by Crippen LogP contribution is -2.29. The highest BCUT2D eigenvalue weighted by Gasteiger charge is 2.16. The molecule has 1 amide bonds. The Morgan fingerprint density at radius 2 is 1.86 bits per heavy atom. The van der Waals surface area contributed by atoms with Crippen LogP contribution in [0.3, 0.4) is 0 Å². The number of nitrogens with one attached hydrogen (secondary N) is 1. The summed E-state index contributed by atoms with van der Waals surface area (Å²) in [5.74, 6) is -0.109. The van der Waals surface area contributed by atoms with E-state index >= 15 is 0 Å². The van der Waals surface area contributed by atoms with E-state index in [2.05, 4.69) is 5.32 Å². The number of hydrogen-bond acceptors (Lipinski definition) is 2. The molecule has 1 N–H and O–H groups in total. The molecule has 2 rings (SSSR count). The van der Waals surface area contributed by atoms with Gasteiger partial charge in [0.2, 0.25) is 0 Å². The average Bonchev–Trinajstić information content (AvgIpc) is 2.49. The number of ether oxygens (including phenoxy) is 1. The zero-order valence-electron chi connectivity index (χ0n) is 12.1. The molecule has 3 nitrogen and oxygen atoms in total. The maximum absolute atomic E-state index is 12.2. The zero-order chi connectivity index (χ0) is 15.2. The van der Waals surface area contributed by atoms with Gasteiger partial charge in [0.25, 0.3) is 5.91 Å². The molecule has 0 radical (unpaired) electrons. The average molecular weight is 304 g/mol. The van der Waals surface area contributed by atoms with E-state index in [0.29, 0.717) is 17.1 Å². The topological polar surface area (TPSA) is 38.3 Å². The molecule has 1 atom stereocenters. The predicted molar refractivity (Wildman–Crippen MR) is 84.7 cm³/mol. The minimum atomic E-state index is -0.272. The molecule has 0 aromatic heterocycles. The lowest BCUT2D eigenvalue weighted by Gasteiger charge is -2.18. The molecule has 4 heteroatoms. The van der Waals surface area contributed by atoms with Crippen LogP contribution < -0.4 is 5.32 Å². The van der Waals surface area contributed by atoms with Gasteiger partial charge in [0.15, 0.2) is 0 Å². The molecule has 0 spiro atoms. The molecule has 0 saturated heterocycles. The van der Waals surface area contributed by atoms with E-state index in [0.717, 1.165) is 11.1 Å². The summed E-state index contributed by atoms with van der Waals surface area (Å²) in [6.07, 6.45) is -0.272. The number of rotatable bonds is 5. The third-order valence-electron chi connectivity index (χ3n) is 3.37. The van der Waals surface area contributed by atoms with E-state index in [4.69, 9.17) is 16.3 Å². The van der Waals surface area contributed by atoms with Crippen molar-refractivity contribution in [2.24, 2.45) is 0 Å². The van der Waals surface area contributed by atoms with Gasteiger partial charge in [0.1, 0.15) is 6.10 Å². The second-order valence-corrected chi connectivity index (χ2v) is 5.18. The Morgan fingerprint density at radius 3 is 2.52 bits per heavy atom. The van der Waals surface area contributed by atoms with Crippen LogP contribution in [0.1, 0.15) is 27.6 Å². The standard InChI is InChI=1S/C17H18ClNO2/c1-12-7-3-4-8-13(12)17(20)19-11-16(21-2)14-9-5-6-10-15(14)18/h3-10,16H,11H2,1-2H3,(H,19,20)/t16-/m0/s1. The van der Waals surface area contributed by atoms with Crippen LogP contribution in [0, 0.1) is 6.92 Å². The third-order valence-corrected chi connectivity index (χ3v) is 3.72. The summed E-state index contributed by atoms with van der Waals surface area (Å²) in [7, 11) is 1.61. The fourth-order valence-corrected chi connectivity index (χ4v) is 2.42. The molecule has 0 aliphatic rings. The largest absolute Gasteiger partial charge is 0.375 e. The third kappa shape index (κ3) is 3.84. The van der Waals surface area contributed by atoms with E-state index in [1.165, 1.54) is 0 Å². The molecule has 21 heavy (non-hydrogen) atoms. The summed E-state index contributed by atoms with van der Waals surface area (Å²) in [5.41, 5.74) is 2.49. The maximum Gasteiger partial charge on any atom is 0.251 e. The van der Waals surface area contributed by atoms with Crippen molar-refractivity contribution in [2.45, 2.75) is 13.0 Å². The lowest BCUT2D eigenvalue weighted by atomic mass is 10.1. The van der Waals surface area contributed by atoms with Crippen molar-refractivity contribution in [1.29, 1.82) is 0 Å². The van der Waals surface area contributed by atoms with Crippen LogP contribution in [-0.2, 0) is 4.74 Å². The van der Waals surface area contributed by atoms with Crippen LogP contribution in [0.5, 0.6) is 0 Å². The summed E-state index contributed by atoms with van der Waals surface area (Å²) in [6.45, 7) is 2.28. The van der Waals surface area contributed by atoms with E-state index in [-0.39, 0.29) is 12.0 Å². The number of methoxy groups -OCH3 is 1. The highest BCUT2D eigenvalue weighted by Crippen LogP contribution is 2.24. The number of aryl methyl sites for hydroxylation is 1. The van der Waals surface area contributed by atoms with Crippen molar-refractivity contribution >= 4 is 17.5 Å². The van der Waals surface area contributed by atoms with E-state index in [1.54, 1.807) is 7.11 Å². The Labute approximate surface area is 129 Å². The van der Waals surface area contributed by atoms with Crippen molar-refractivity contribution < 1.29 is 9.53 Å². The smallest absolute Gasteiger partial charge is 0.251 e.